The van der Waals surface area contributed by atoms with Gasteiger partial charge in [0.2, 0.25) is 0 Å². The van der Waals surface area contributed by atoms with E-state index in [9.17, 15) is 9.18 Å². The Morgan fingerprint density at radius 3 is 2.48 bits per heavy atom. The maximum absolute atomic E-state index is 13.6. The summed E-state index contributed by atoms with van der Waals surface area (Å²) in [6.45, 7) is 5.71. The van der Waals surface area contributed by atoms with Crippen LogP contribution in [0, 0.1) is 11.7 Å². The molecule has 2 aromatic rings. The largest absolute Gasteiger partial charge is 0.444 e. The van der Waals surface area contributed by atoms with Crippen LogP contribution in [0.1, 0.15) is 36.5 Å². The van der Waals surface area contributed by atoms with Crippen molar-refractivity contribution in [3.63, 3.8) is 0 Å². The highest BCUT2D eigenvalue weighted by molar-refractivity contribution is 5.71. The predicted octanol–water partition coefficient (Wildman–Crippen LogP) is 4.18. The average molecular weight is 394 g/mol. The molecule has 0 aliphatic carbocycles. The highest BCUT2D eigenvalue weighted by Gasteiger charge is 2.45. The van der Waals surface area contributed by atoms with Gasteiger partial charge in [-0.05, 0) is 74.0 Å². The molecular formula is C24H27FN2O2. The zero-order chi connectivity index (χ0) is 20.0. The first-order valence-electron chi connectivity index (χ1n) is 10.6. The van der Waals surface area contributed by atoms with Crippen LogP contribution in [0.2, 0.25) is 0 Å². The van der Waals surface area contributed by atoms with Gasteiger partial charge >= 0.3 is 6.09 Å². The van der Waals surface area contributed by atoms with Crippen molar-refractivity contribution in [2.45, 2.75) is 37.8 Å². The Kier molecular flexibility index (Phi) is 4.58. The number of rotatable bonds is 2. The van der Waals surface area contributed by atoms with E-state index in [0.29, 0.717) is 12.5 Å². The van der Waals surface area contributed by atoms with Crippen LogP contribution >= 0.6 is 0 Å². The molecule has 0 radical (unpaired) electrons. The van der Waals surface area contributed by atoms with Gasteiger partial charge < -0.3 is 4.74 Å². The number of nitrogens with zero attached hydrogens (tertiary/aromatic N) is 2. The number of benzene rings is 2. The van der Waals surface area contributed by atoms with Gasteiger partial charge in [-0.1, -0.05) is 36.4 Å². The van der Waals surface area contributed by atoms with Crippen molar-refractivity contribution in [2.24, 2.45) is 5.92 Å². The normalized spacial score (nSPS) is 30.7. The van der Waals surface area contributed by atoms with Gasteiger partial charge in [-0.15, -0.1) is 0 Å². The van der Waals surface area contributed by atoms with Crippen LogP contribution in [0.5, 0.6) is 0 Å². The summed E-state index contributed by atoms with van der Waals surface area (Å²) in [4.78, 5) is 17.7. The number of amides is 1. The topological polar surface area (TPSA) is 32.8 Å². The molecule has 29 heavy (non-hydrogen) atoms. The fourth-order valence-electron chi connectivity index (χ4n) is 5.41. The molecule has 2 bridgehead atoms. The van der Waals surface area contributed by atoms with Crippen molar-refractivity contribution < 1.29 is 13.9 Å². The molecular weight excluding hydrogens is 367 g/mol. The lowest BCUT2D eigenvalue weighted by molar-refractivity contribution is -0.0514. The number of carbonyl (C=O) groups is 1. The Bertz CT molecular complexity index is 907. The van der Waals surface area contributed by atoms with Crippen molar-refractivity contribution in [1.29, 1.82) is 0 Å². The van der Waals surface area contributed by atoms with Crippen LogP contribution in [0.15, 0.2) is 48.5 Å². The summed E-state index contributed by atoms with van der Waals surface area (Å²) in [5.74, 6) is 0.195. The number of halogens is 1. The molecule has 3 fully saturated rings. The molecule has 2 aromatic carbocycles. The molecule has 0 spiro atoms. The van der Waals surface area contributed by atoms with E-state index < -0.39 is 5.54 Å². The van der Waals surface area contributed by atoms with E-state index in [1.807, 2.05) is 17.0 Å². The number of fused-ring (bicyclic) bond motifs is 4. The lowest BCUT2D eigenvalue weighted by Gasteiger charge is -2.48. The minimum absolute atomic E-state index is 0.0281. The van der Waals surface area contributed by atoms with Crippen molar-refractivity contribution in [3.8, 4) is 0 Å². The number of piperidine rings is 3. The van der Waals surface area contributed by atoms with E-state index in [1.54, 1.807) is 12.1 Å². The molecule has 5 heteroatoms. The zero-order valence-corrected chi connectivity index (χ0v) is 16.8. The Balaban J connectivity index is 1.49. The fourth-order valence-corrected chi connectivity index (χ4v) is 5.41. The SMILES string of the molecule is C[C@]1(c2ccc(F)cc2)c2ccccc2CCN1C(=O)OC1CN2CCC1CC2. The van der Waals surface area contributed by atoms with Crippen molar-refractivity contribution >= 4 is 6.09 Å². The summed E-state index contributed by atoms with van der Waals surface area (Å²) < 4.78 is 19.7. The van der Waals surface area contributed by atoms with Crippen LogP contribution in [-0.4, -0.2) is 48.2 Å². The second-order valence-corrected chi connectivity index (χ2v) is 8.70. The fraction of sp³-hybridized carbons (Fsp3) is 0.458. The van der Waals surface area contributed by atoms with E-state index in [2.05, 4.69) is 24.0 Å². The third-order valence-electron chi connectivity index (χ3n) is 7.16. The summed E-state index contributed by atoms with van der Waals surface area (Å²) in [5, 5.41) is 0. The Labute approximate surface area is 171 Å². The summed E-state index contributed by atoms with van der Waals surface area (Å²) in [7, 11) is 0. The maximum Gasteiger partial charge on any atom is 0.411 e. The van der Waals surface area contributed by atoms with Gasteiger partial charge in [-0.3, -0.25) is 9.80 Å². The molecule has 4 aliphatic rings. The Hall–Kier alpha value is -2.40. The minimum atomic E-state index is -0.687. The Morgan fingerprint density at radius 2 is 1.79 bits per heavy atom. The smallest absolute Gasteiger partial charge is 0.411 e. The summed E-state index contributed by atoms with van der Waals surface area (Å²) >= 11 is 0. The van der Waals surface area contributed by atoms with Crippen LogP contribution in [0.25, 0.3) is 0 Å². The highest BCUT2D eigenvalue weighted by atomic mass is 19.1. The first kappa shape index (κ1) is 18.6. The molecule has 1 unspecified atom stereocenters. The molecule has 1 amide bonds. The second kappa shape index (κ2) is 7.13. The molecule has 0 N–H and O–H groups in total. The van der Waals surface area contributed by atoms with E-state index in [0.717, 1.165) is 50.0 Å². The van der Waals surface area contributed by atoms with E-state index >= 15 is 0 Å². The van der Waals surface area contributed by atoms with Gasteiger partial charge in [0.05, 0.1) is 5.54 Å². The average Bonchev–Trinajstić information content (AvgIpc) is 2.75. The summed E-state index contributed by atoms with van der Waals surface area (Å²) in [6.07, 6.45) is 2.72. The third-order valence-corrected chi connectivity index (χ3v) is 7.16. The lowest BCUT2D eigenvalue weighted by atomic mass is 9.77. The quantitative estimate of drug-likeness (QED) is 0.766. The Morgan fingerprint density at radius 1 is 1.07 bits per heavy atom. The van der Waals surface area contributed by atoms with Crippen LogP contribution in [0.3, 0.4) is 0 Å². The van der Waals surface area contributed by atoms with Gasteiger partial charge in [0, 0.05) is 13.1 Å². The van der Waals surface area contributed by atoms with E-state index in [-0.39, 0.29) is 18.0 Å². The van der Waals surface area contributed by atoms with Gasteiger partial charge in [0.25, 0.3) is 0 Å². The summed E-state index contributed by atoms with van der Waals surface area (Å²) in [5.41, 5.74) is 2.53. The number of ether oxygens (including phenoxy) is 1. The van der Waals surface area contributed by atoms with Crippen molar-refractivity contribution in [2.75, 3.05) is 26.2 Å². The van der Waals surface area contributed by atoms with Crippen LogP contribution in [-0.2, 0) is 16.7 Å². The van der Waals surface area contributed by atoms with Gasteiger partial charge in [-0.2, -0.15) is 0 Å². The first-order valence-corrected chi connectivity index (χ1v) is 10.6. The molecule has 6 rings (SSSR count). The molecule has 4 aliphatic heterocycles. The monoisotopic (exact) mass is 394 g/mol. The number of hydrogen-bond donors (Lipinski definition) is 0. The highest BCUT2D eigenvalue weighted by Crippen LogP contribution is 2.42. The molecule has 4 nitrogen and oxygen atoms in total. The lowest BCUT2D eigenvalue weighted by Crippen LogP contribution is -2.56. The van der Waals surface area contributed by atoms with Gasteiger partial charge in [0.15, 0.2) is 0 Å². The molecule has 3 saturated heterocycles. The van der Waals surface area contributed by atoms with E-state index in [4.69, 9.17) is 4.74 Å². The molecule has 4 heterocycles. The molecule has 2 atom stereocenters. The number of carbonyl (C=O) groups excluding carboxylic acids is 1. The molecule has 0 saturated carbocycles. The minimum Gasteiger partial charge on any atom is -0.444 e. The maximum atomic E-state index is 13.6. The van der Waals surface area contributed by atoms with Gasteiger partial charge in [-0.25, -0.2) is 9.18 Å². The predicted molar refractivity (Wildman–Crippen MR) is 109 cm³/mol. The van der Waals surface area contributed by atoms with Crippen molar-refractivity contribution in [1.82, 2.24) is 9.80 Å². The van der Waals surface area contributed by atoms with Crippen molar-refractivity contribution in [3.05, 3.63) is 71.0 Å². The van der Waals surface area contributed by atoms with Crippen LogP contribution in [0.4, 0.5) is 9.18 Å². The zero-order valence-electron chi connectivity index (χ0n) is 16.8. The third kappa shape index (κ3) is 3.12. The summed E-state index contributed by atoms with van der Waals surface area (Å²) in [6, 6.07) is 14.7. The van der Waals surface area contributed by atoms with Crippen LogP contribution < -0.4 is 0 Å². The molecule has 0 aromatic heterocycles. The first-order chi connectivity index (χ1) is 14.1. The standard InChI is InChI=1S/C24H27FN2O2/c1-24(19-6-8-20(25)9-7-19)21-5-3-2-4-17(21)12-15-27(24)23(28)29-22-16-26-13-10-18(22)11-14-26/h2-9,18,22H,10-16H2,1H3/t22?,24-/m0/s1. The molecule has 152 valence electrons. The second-order valence-electron chi connectivity index (χ2n) is 8.70. The number of hydrogen-bond acceptors (Lipinski definition) is 3. The van der Waals surface area contributed by atoms with Gasteiger partial charge in [0.1, 0.15) is 11.9 Å². The van der Waals surface area contributed by atoms with E-state index in [1.165, 1.54) is 17.7 Å².